The summed E-state index contributed by atoms with van der Waals surface area (Å²) in [6.45, 7) is 5.68. The molecule has 0 aliphatic carbocycles. The van der Waals surface area contributed by atoms with Crippen LogP contribution in [-0.4, -0.2) is 52.5 Å². The normalized spacial score (nSPS) is 17.5. The fourth-order valence-electron chi connectivity index (χ4n) is 2.39. The Bertz CT molecular complexity index is 603. The predicted molar refractivity (Wildman–Crippen MR) is 82.1 cm³/mol. The van der Waals surface area contributed by atoms with Crippen molar-refractivity contribution in [3.8, 4) is 0 Å². The molecule has 1 aliphatic heterocycles. The van der Waals surface area contributed by atoms with E-state index in [4.69, 9.17) is 4.42 Å². The molecule has 1 aromatic heterocycles. The maximum atomic E-state index is 11.9. The molecule has 0 aromatic carbocycles. The van der Waals surface area contributed by atoms with Crippen molar-refractivity contribution in [1.82, 2.24) is 14.9 Å². The monoisotopic (exact) mass is 329 g/mol. The van der Waals surface area contributed by atoms with Gasteiger partial charge in [-0.05, 0) is 51.0 Å². The Morgan fingerprint density at radius 3 is 2.68 bits per heavy atom. The lowest BCUT2D eigenvalue weighted by Gasteiger charge is -2.30. The molecule has 124 valence electrons. The third kappa shape index (κ3) is 4.31. The Morgan fingerprint density at radius 1 is 1.36 bits per heavy atom. The minimum atomic E-state index is -3.66. The van der Waals surface area contributed by atoms with Crippen molar-refractivity contribution in [2.75, 3.05) is 33.2 Å². The molecule has 2 heterocycles. The number of hydrogen-bond acceptors (Lipinski definition) is 5. The summed E-state index contributed by atoms with van der Waals surface area (Å²) in [4.78, 5) is 14.2. The summed E-state index contributed by atoms with van der Waals surface area (Å²) in [5.74, 6) is 0.380. The first-order valence-corrected chi connectivity index (χ1v) is 8.94. The molecule has 8 heteroatoms. The number of rotatable bonds is 6. The fraction of sp³-hybridized carbons (Fsp3) is 0.643. The van der Waals surface area contributed by atoms with Crippen LogP contribution in [0.25, 0.3) is 0 Å². The van der Waals surface area contributed by atoms with E-state index in [2.05, 4.69) is 21.9 Å². The lowest BCUT2D eigenvalue weighted by atomic mass is 9.99. The predicted octanol–water partition coefficient (Wildman–Crippen LogP) is 0.649. The van der Waals surface area contributed by atoms with E-state index in [-0.39, 0.29) is 10.9 Å². The molecule has 7 nitrogen and oxygen atoms in total. The summed E-state index contributed by atoms with van der Waals surface area (Å²) in [7, 11) is -2.37. The Morgan fingerprint density at radius 2 is 2.05 bits per heavy atom. The molecule has 1 aliphatic rings. The zero-order valence-corrected chi connectivity index (χ0v) is 13.8. The highest BCUT2D eigenvalue weighted by Gasteiger charge is 2.20. The van der Waals surface area contributed by atoms with Gasteiger partial charge in [-0.25, -0.2) is 13.1 Å². The van der Waals surface area contributed by atoms with E-state index in [0.29, 0.717) is 6.54 Å². The number of piperidine rings is 1. The van der Waals surface area contributed by atoms with Gasteiger partial charge in [0.15, 0.2) is 5.76 Å². The number of carbonyl (C=O) groups is 1. The average Bonchev–Trinajstić information content (AvgIpc) is 3.00. The molecule has 22 heavy (non-hydrogen) atoms. The molecule has 1 fully saturated rings. The van der Waals surface area contributed by atoms with Crippen molar-refractivity contribution in [3.05, 3.63) is 17.9 Å². The third-order valence-corrected chi connectivity index (χ3v) is 5.22. The first kappa shape index (κ1) is 17.0. The van der Waals surface area contributed by atoms with E-state index < -0.39 is 15.9 Å². The van der Waals surface area contributed by atoms with Crippen LogP contribution < -0.4 is 10.0 Å². The summed E-state index contributed by atoms with van der Waals surface area (Å²) < 4.78 is 30.3. The molecule has 0 radical (unpaired) electrons. The molecular weight excluding hydrogens is 306 g/mol. The Balaban J connectivity index is 1.80. The highest BCUT2D eigenvalue weighted by molar-refractivity contribution is 7.89. The molecule has 1 aromatic rings. The summed E-state index contributed by atoms with van der Waals surface area (Å²) in [5, 5.41) is 2.49. The minimum absolute atomic E-state index is 0.00101. The quantitative estimate of drug-likeness (QED) is 0.799. The molecule has 0 unspecified atom stereocenters. The van der Waals surface area contributed by atoms with Crippen molar-refractivity contribution in [1.29, 1.82) is 0 Å². The van der Waals surface area contributed by atoms with Gasteiger partial charge in [0.25, 0.3) is 15.9 Å². The Labute approximate surface area is 131 Å². The second kappa shape index (κ2) is 7.26. The van der Waals surface area contributed by atoms with Crippen LogP contribution in [0.4, 0.5) is 0 Å². The maximum Gasteiger partial charge on any atom is 0.287 e. The Hall–Kier alpha value is -1.38. The van der Waals surface area contributed by atoms with Gasteiger partial charge in [-0.2, -0.15) is 0 Å². The average molecular weight is 329 g/mol. The topological polar surface area (TPSA) is 91.6 Å². The first-order chi connectivity index (χ1) is 10.4. The number of nitrogens with zero attached hydrogens (tertiary/aromatic N) is 1. The minimum Gasteiger partial charge on any atom is -0.438 e. The van der Waals surface area contributed by atoms with Crippen LogP contribution in [0.2, 0.25) is 0 Å². The number of carbonyl (C=O) groups excluding carboxylic acids is 1. The van der Waals surface area contributed by atoms with Gasteiger partial charge >= 0.3 is 0 Å². The number of likely N-dealkylation sites (tertiary alicyclic amines) is 1. The molecule has 2 N–H and O–H groups in total. The molecular formula is C14H23N3O4S. The van der Waals surface area contributed by atoms with Gasteiger partial charge < -0.3 is 14.6 Å². The van der Waals surface area contributed by atoms with E-state index in [1.165, 1.54) is 32.0 Å². The highest BCUT2D eigenvalue weighted by atomic mass is 32.2. The zero-order chi connectivity index (χ0) is 16.2. The van der Waals surface area contributed by atoms with Gasteiger partial charge in [-0.15, -0.1) is 0 Å². The van der Waals surface area contributed by atoms with Crippen LogP contribution >= 0.6 is 0 Å². The third-order valence-electron chi connectivity index (χ3n) is 3.93. The van der Waals surface area contributed by atoms with Crippen LogP contribution in [0.5, 0.6) is 0 Å². The van der Waals surface area contributed by atoms with Gasteiger partial charge in [0, 0.05) is 13.1 Å². The summed E-state index contributed by atoms with van der Waals surface area (Å²) in [6, 6.07) is 2.63. The van der Waals surface area contributed by atoms with Crippen molar-refractivity contribution in [2.24, 2.45) is 5.92 Å². The van der Waals surface area contributed by atoms with Crippen molar-refractivity contribution >= 4 is 15.9 Å². The van der Waals surface area contributed by atoms with E-state index >= 15 is 0 Å². The molecule has 0 bridgehead atoms. The largest absolute Gasteiger partial charge is 0.438 e. The molecule has 1 saturated heterocycles. The van der Waals surface area contributed by atoms with Crippen molar-refractivity contribution < 1.29 is 17.6 Å². The van der Waals surface area contributed by atoms with E-state index in [9.17, 15) is 13.2 Å². The summed E-state index contributed by atoms with van der Waals surface area (Å²) in [5.41, 5.74) is 0. The fourth-order valence-corrected chi connectivity index (χ4v) is 3.04. The van der Waals surface area contributed by atoms with Gasteiger partial charge in [-0.3, -0.25) is 4.79 Å². The van der Waals surface area contributed by atoms with Gasteiger partial charge in [0.05, 0.1) is 0 Å². The SMILES string of the molecule is CNS(=O)(=O)c1ccc(C(=O)NCCN2CCC(C)CC2)o1. The number of furan rings is 1. The van der Waals surface area contributed by atoms with Crippen molar-refractivity contribution in [3.63, 3.8) is 0 Å². The second-order valence-corrected chi connectivity index (χ2v) is 7.42. The maximum absolute atomic E-state index is 11.9. The molecule has 0 saturated carbocycles. The van der Waals surface area contributed by atoms with Crippen LogP contribution in [0.15, 0.2) is 21.6 Å². The van der Waals surface area contributed by atoms with E-state index in [0.717, 1.165) is 25.6 Å². The molecule has 0 spiro atoms. The first-order valence-electron chi connectivity index (χ1n) is 7.46. The molecule has 1 amide bonds. The highest BCUT2D eigenvalue weighted by Crippen LogP contribution is 2.15. The van der Waals surface area contributed by atoms with Gasteiger partial charge in [0.1, 0.15) is 0 Å². The van der Waals surface area contributed by atoms with Crippen LogP contribution in [0, 0.1) is 5.92 Å². The molecule has 2 rings (SSSR count). The lowest BCUT2D eigenvalue weighted by molar-refractivity contribution is 0.0911. The number of amides is 1. The molecule has 0 atom stereocenters. The Kier molecular flexibility index (Phi) is 5.60. The number of sulfonamides is 1. The zero-order valence-electron chi connectivity index (χ0n) is 13.0. The lowest BCUT2D eigenvalue weighted by Crippen LogP contribution is -2.39. The number of nitrogens with one attached hydrogen (secondary N) is 2. The van der Waals surface area contributed by atoms with Crippen LogP contribution in [-0.2, 0) is 10.0 Å². The van der Waals surface area contributed by atoms with Gasteiger partial charge in [-0.1, -0.05) is 6.92 Å². The second-order valence-electron chi connectivity index (χ2n) is 5.61. The van der Waals surface area contributed by atoms with E-state index in [1.807, 2.05) is 0 Å². The summed E-state index contributed by atoms with van der Waals surface area (Å²) >= 11 is 0. The van der Waals surface area contributed by atoms with E-state index in [1.54, 1.807) is 0 Å². The van der Waals surface area contributed by atoms with Crippen molar-refractivity contribution in [2.45, 2.75) is 24.9 Å². The summed E-state index contributed by atoms with van der Waals surface area (Å²) in [6.07, 6.45) is 2.38. The number of hydrogen-bond donors (Lipinski definition) is 2. The van der Waals surface area contributed by atoms with Crippen LogP contribution in [0.3, 0.4) is 0 Å². The van der Waals surface area contributed by atoms with Gasteiger partial charge in [0.2, 0.25) is 5.09 Å². The smallest absolute Gasteiger partial charge is 0.287 e. The van der Waals surface area contributed by atoms with Crippen LogP contribution in [0.1, 0.15) is 30.3 Å². The standard InChI is InChI=1S/C14H23N3O4S/c1-11-5-8-17(9-6-11)10-7-16-14(18)12-3-4-13(21-12)22(19,20)15-2/h3-4,11,15H,5-10H2,1-2H3,(H,16,18).